The molecule has 0 unspecified atom stereocenters. The van der Waals surface area contributed by atoms with Crippen molar-refractivity contribution in [1.29, 1.82) is 0 Å². The zero-order valence-electron chi connectivity index (χ0n) is 12.4. The standard InChI is InChI=1S/C12H21F3N6/c1-16-11(18-8-10-4-5-19-21(10)3)17-6-7-20(2)9-12(13,14)15/h4-5H,6-9H2,1-3H3,(H2,16,17,18). The van der Waals surface area contributed by atoms with E-state index in [2.05, 4.69) is 20.7 Å². The number of hydrogen-bond donors (Lipinski definition) is 2. The number of aromatic nitrogens is 2. The summed E-state index contributed by atoms with van der Waals surface area (Å²) >= 11 is 0. The summed E-state index contributed by atoms with van der Waals surface area (Å²) in [4.78, 5) is 5.22. The summed E-state index contributed by atoms with van der Waals surface area (Å²) in [7, 11) is 4.87. The summed E-state index contributed by atoms with van der Waals surface area (Å²) in [5.41, 5.74) is 0.979. The molecule has 120 valence electrons. The Kier molecular flexibility index (Phi) is 6.47. The van der Waals surface area contributed by atoms with E-state index in [1.54, 1.807) is 17.9 Å². The van der Waals surface area contributed by atoms with Gasteiger partial charge in [-0.3, -0.25) is 14.6 Å². The highest BCUT2D eigenvalue weighted by Gasteiger charge is 2.28. The summed E-state index contributed by atoms with van der Waals surface area (Å²) in [6, 6.07) is 1.87. The Hall–Kier alpha value is -1.77. The van der Waals surface area contributed by atoms with E-state index in [1.165, 1.54) is 11.9 Å². The molecule has 2 N–H and O–H groups in total. The number of hydrogen-bond acceptors (Lipinski definition) is 3. The third-order valence-electron chi connectivity index (χ3n) is 2.82. The Balaban J connectivity index is 2.27. The Morgan fingerprint density at radius 2 is 2.14 bits per heavy atom. The predicted octanol–water partition coefficient (Wildman–Crippen LogP) is 0.579. The van der Waals surface area contributed by atoms with Gasteiger partial charge in [-0.25, -0.2) is 0 Å². The number of nitrogens with zero attached hydrogens (tertiary/aromatic N) is 4. The molecule has 0 radical (unpaired) electrons. The maximum atomic E-state index is 12.2. The van der Waals surface area contributed by atoms with Gasteiger partial charge in [-0.2, -0.15) is 18.3 Å². The lowest BCUT2D eigenvalue weighted by molar-refractivity contribution is -0.142. The first-order valence-electron chi connectivity index (χ1n) is 6.48. The number of nitrogens with one attached hydrogen (secondary N) is 2. The third-order valence-corrected chi connectivity index (χ3v) is 2.82. The molecule has 0 bridgehead atoms. The van der Waals surface area contributed by atoms with Crippen LogP contribution in [0.4, 0.5) is 13.2 Å². The predicted molar refractivity (Wildman–Crippen MR) is 75.0 cm³/mol. The summed E-state index contributed by atoms with van der Waals surface area (Å²) in [6.07, 6.45) is -2.48. The van der Waals surface area contributed by atoms with E-state index in [4.69, 9.17) is 0 Å². The molecule has 0 amide bonds. The number of likely N-dealkylation sites (N-methyl/N-ethyl adjacent to an activating group) is 1. The van der Waals surface area contributed by atoms with E-state index < -0.39 is 12.7 Å². The van der Waals surface area contributed by atoms with Crippen molar-refractivity contribution in [1.82, 2.24) is 25.3 Å². The SMILES string of the molecule is CN=C(NCCN(C)CC(F)(F)F)NCc1ccnn1C. The Morgan fingerprint density at radius 3 is 2.67 bits per heavy atom. The highest BCUT2D eigenvalue weighted by atomic mass is 19.4. The monoisotopic (exact) mass is 306 g/mol. The number of guanidine groups is 1. The molecule has 1 heterocycles. The molecule has 0 saturated carbocycles. The van der Waals surface area contributed by atoms with Crippen molar-refractivity contribution in [2.75, 3.05) is 33.7 Å². The minimum atomic E-state index is -4.17. The first-order valence-corrected chi connectivity index (χ1v) is 6.48. The quantitative estimate of drug-likeness (QED) is 0.596. The van der Waals surface area contributed by atoms with Crippen LogP contribution in [0, 0.1) is 0 Å². The Bertz CT molecular complexity index is 454. The van der Waals surface area contributed by atoms with E-state index in [0.717, 1.165) is 5.69 Å². The molecule has 6 nitrogen and oxygen atoms in total. The van der Waals surface area contributed by atoms with E-state index in [9.17, 15) is 13.2 Å². The van der Waals surface area contributed by atoms with E-state index in [0.29, 0.717) is 19.0 Å². The molecule has 1 rings (SSSR count). The third kappa shape index (κ3) is 6.98. The topological polar surface area (TPSA) is 57.5 Å². The molecule has 0 aliphatic heterocycles. The molecule has 0 spiro atoms. The molecule has 0 fully saturated rings. The Labute approximate surface area is 122 Å². The Morgan fingerprint density at radius 1 is 1.43 bits per heavy atom. The summed E-state index contributed by atoms with van der Waals surface area (Å²) in [5.74, 6) is 0.539. The number of aryl methyl sites for hydroxylation is 1. The van der Waals surface area contributed by atoms with Crippen LogP contribution < -0.4 is 10.6 Å². The van der Waals surface area contributed by atoms with Crippen molar-refractivity contribution in [3.05, 3.63) is 18.0 Å². The number of alkyl halides is 3. The molecule has 9 heteroatoms. The average molecular weight is 306 g/mol. The van der Waals surface area contributed by atoms with Gasteiger partial charge in [0.25, 0.3) is 0 Å². The molecular weight excluding hydrogens is 285 g/mol. The maximum absolute atomic E-state index is 12.2. The smallest absolute Gasteiger partial charge is 0.355 e. The molecule has 21 heavy (non-hydrogen) atoms. The van der Waals surface area contributed by atoms with E-state index in [-0.39, 0.29) is 6.54 Å². The first kappa shape index (κ1) is 17.3. The van der Waals surface area contributed by atoms with Crippen molar-refractivity contribution < 1.29 is 13.2 Å². The zero-order valence-corrected chi connectivity index (χ0v) is 12.4. The molecule has 0 aromatic carbocycles. The fraction of sp³-hybridized carbons (Fsp3) is 0.667. The van der Waals surface area contributed by atoms with Crippen molar-refractivity contribution in [3.63, 3.8) is 0 Å². The number of aliphatic imine (C=N–C) groups is 1. The fourth-order valence-corrected chi connectivity index (χ4v) is 1.72. The average Bonchev–Trinajstić information content (AvgIpc) is 2.77. The largest absolute Gasteiger partial charge is 0.401 e. The zero-order chi connectivity index (χ0) is 15.9. The van der Waals surface area contributed by atoms with Crippen LogP contribution in [-0.4, -0.2) is 60.5 Å². The van der Waals surface area contributed by atoms with Crippen LogP contribution in [0.15, 0.2) is 17.3 Å². The van der Waals surface area contributed by atoms with Gasteiger partial charge in [-0.1, -0.05) is 0 Å². The normalized spacial score (nSPS) is 12.8. The van der Waals surface area contributed by atoms with Gasteiger partial charge >= 0.3 is 6.18 Å². The fourth-order valence-electron chi connectivity index (χ4n) is 1.72. The van der Waals surface area contributed by atoms with Crippen molar-refractivity contribution >= 4 is 5.96 Å². The van der Waals surface area contributed by atoms with Crippen molar-refractivity contribution in [2.45, 2.75) is 12.7 Å². The van der Waals surface area contributed by atoms with Crippen LogP contribution in [0.2, 0.25) is 0 Å². The second-order valence-electron chi connectivity index (χ2n) is 4.65. The summed E-state index contributed by atoms with van der Waals surface area (Å²) < 4.78 is 38.2. The van der Waals surface area contributed by atoms with Gasteiger partial charge in [0, 0.05) is 33.4 Å². The van der Waals surface area contributed by atoms with Gasteiger partial charge in [0.2, 0.25) is 0 Å². The highest BCUT2D eigenvalue weighted by Crippen LogP contribution is 2.14. The minimum absolute atomic E-state index is 0.270. The lowest BCUT2D eigenvalue weighted by atomic mass is 10.4. The van der Waals surface area contributed by atoms with Gasteiger partial charge < -0.3 is 10.6 Å². The van der Waals surface area contributed by atoms with Crippen molar-refractivity contribution in [3.8, 4) is 0 Å². The highest BCUT2D eigenvalue weighted by molar-refractivity contribution is 5.79. The lowest BCUT2D eigenvalue weighted by Gasteiger charge is -2.19. The number of rotatable bonds is 6. The van der Waals surface area contributed by atoms with Gasteiger partial charge in [0.1, 0.15) is 0 Å². The minimum Gasteiger partial charge on any atom is -0.355 e. The molecule has 0 aliphatic carbocycles. The first-order chi connectivity index (χ1) is 9.81. The van der Waals surface area contributed by atoms with Crippen LogP contribution in [0.25, 0.3) is 0 Å². The van der Waals surface area contributed by atoms with Gasteiger partial charge in [0.15, 0.2) is 5.96 Å². The van der Waals surface area contributed by atoms with Crippen LogP contribution in [0.5, 0.6) is 0 Å². The van der Waals surface area contributed by atoms with E-state index in [1.807, 2.05) is 13.1 Å². The second-order valence-corrected chi connectivity index (χ2v) is 4.65. The molecule has 0 saturated heterocycles. The molecule has 1 aromatic heterocycles. The van der Waals surface area contributed by atoms with Gasteiger partial charge in [-0.05, 0) is 13.1 Å². The number of halogens is 3. The van der Waals surface area contributed by atoms with Gasteiger partial charge in [0.05, 0.1) is 18.8 Å². The molecule has 0 atom stereocenters. The van der Waals surface area contributed by atoms with E-state index >= 15 is 0 Å². The van der Waals surface area contributed by atoms with Crippen molar-refractivity contribution in [2.24, 2.45) is 12.0 Å². The van der Waals surface area contributed by atoms with Crippen LogP contribution in [-0.2, 0) is 13.6 Å². The summed E-state index contributed by atoms with van der Waals surface area (Å²) in [5, 5.41) is 10.1. The van der Waals surface area contributed by atoms with Crippen LogP contribution >= 0.6 is 0 Å². The molecular formula is C12H21F3N6. The second kappa shape index (κ2) is 7.87. The molecule has 1 aromatic rings. The van der Waals surface area contributed by atoms with Gasteiger partial charge in [-0.15, -0.1) is 0 Å². The maximum Gasteiger partial charge on any atom is 0.401 e. The molecule has 0 aliphatic rings. The van der Waals surface area contributed by atoms with Crippen LogP contribution in [0.1, 0.15) is 5.69 Å². The summed E-state index contributed by atoms with van der Waals surface area (Å²) in [6.45, 7) is 0.258. The lowest BCUT2D eigenvalue weighted by Crippen LogP contribution is -2.42. The van der Waals surface area contributed by atoms with Crippen LogP contribution in [0.3, 0.4) is 0 Å².